The molecule has 2 heteroatoms. The van der Waals surface area contributed by atoms with E-state index in [-0.39, 0.29) is 6.10 Å². The highest BCUT2D eigenvalue weighted by Gasteiger charge is 2.17. The number of hydrogen-bond donors (Lipinski definition) is 0. The van der Waals surface area contributed by atoms with E-state index in [0.29, 0.717) is 18.6 Å². The number of carbonyl (C=O) groups is 1. The maximum Gasteiger partial charge on any atom is 0.139 e. The number of rotatable bonds is 4. The minimum Gasteiger partial charge on any atom is -0.378 e. The fourth-order valence-corrected chi connectivity index (χ4v) is 2.23. The molecule has 0 saturated carbocycles. The zero-order valence-corrected chi connectivity index (χ0v) is 10.4. The Hall–Kier alpha value is -1.15. The molecule has 2 nitrogen and oxygen atoms in total. The van der Waals surface area contributed by atoms with Gasteiger partial charge >= 0.3 is 0 Å². The molecule has 0 bridgehead atoms. The first-order valence-electron chi connectivity index (χ1n) is 6.43. The Morgan fingerprint density at radius 1 is 1.29 bits per heavy atom. The van der Waals surface area contributed by atoms with Crippen LogP contribution in [0.5, 0.6) is 0 Å². The lowest BCUT2D eigenvalue weighted by Crippen LogP contribution is -2.23. The molecule has 0 N–H and O–H groups in total. The summed E-state index contributed by atoms with van der Waals surface area (Å²) >= 11 is 0. The minimum atomic E-state index is 0.168. The summed E-state index contributed by atoms with van der Waals surface area (Å²) in [5, 5.41) is 0. The molecule has 2 rings (SSSR count). The van der Waals surface area contributed by atoms with E-state index >= 15 is 0 Å². The molecule has 0 aliphatic carbocycles. The fraction of sp³-hybridized carbons (Fsp3) is 0.533. The smallest absolute Gasteiger partial charge is 0.139 e. The molecule has 1 aromatic rings. The molecule has 0 radical (unpaired) electrons. The molecule has 0 spiro atoms. The second kappa shape index (κ2) is 5.97. The normalized spacial score (nSPS) is 20.2. The van der Waals surface area contributed by atoms with Crippen molar-refractivity contribution in [1.29, 1.82) is 0 Å². The van der Waals surface area contributed by atoms with Crippen LogP contribution in [-0.4, -0.2) is 18.5 Å². The van der Waals surface area contributed by atoms with Crippen molar-refractivity contribution in [2.75, 3.05) is 6.61 Å². The third-order valence-corrected chi connectivity index (χ3v) is 3.25. The Morgan fingerprint density at radius 2 is 2.06 bits per heavy atom. The molecule has 17 heavy (non-hydrogen) atoms. The SMILES string of the molecule is Cc1ccc(CC(=O)CC2CCCCO2)cc1. The molecule has 1 unspecified atom stereocenters. The van der Waals surface area contributed by atoms with Gasteiger partial charge in [-0.3, -0.25) is 4.79 Å². The standard InChI is InChI=1S/C15H20O2/c1-12-5-7-13(8-6-12)10-14(16)11-15-4-2-3-9-17-15/h5-8,15H,2-4,9-11H2,1H3. The van der Waals surface area contributed by atoms with Gasteiger partial charge in [0.1, 0.15) is 5.78 Å². The van der Waals surface area contributed by atoms with E-state index < -0.39 is 0 Å². The number of Topliss-reactive ketones (excluding diaryl/α,β-unsaturated/α-hetero) is 1. The zero-order valence-electron chi connectivity index (χ0n) is 10.4. The molecule has 1 saturated heterocycles. The van der Waals surface area contributed by atoms with Gasteiger partial charge in [-0.1, -0.05) is 29.8 Å². The van der Waals surface area contributed by atoms with Gasteiger partial charge in [0.25, 0.3) is 0 Å². The van der Waals surface area contributed by atoms with Gasteiger partial charge < -0.3 is 4.74 Å². The lowest BCUT2D eigenvalue weighted by Gasteiger charge is -2.21. The number of aryl methyl sites for hydroxylation is 1. The lowest BCUT2D eigenvalue weighted by molar-refractivity contribution is -0.122. The second-order valence-electron chi connectivity index (χ2n) is 4.89. The molecule has 1 aliphatic heterocycles. The van der Waals surface area contributed by atoms with Crippen LogP contribution in [0.4, 0.5) is 0 Å². The van der Waals surface area contributed by atoms with Crippen molar-refractivity contribution >= 4 is 5.78 Å². The predicted molar refractivity (Wildman–Crippen MR) is 68.1 cm³/mol. The van der Waals surface area contributed by atoms with Gasteiger partial charge in [-0.05, 0) is 31.7 Å². The first kappa shape index (κ1) is 12.3. The maximum absolute atomic E-state index is 11.9. The van der Waals surface area contributed by atoms with Crippen molar-refractivity contribution in [2.45, 2.75) is 45.1 Å². The highest BCUT2D eigenvalue weighted by atomic mass is 16.5. The Labute approximate surface area is 103 Å². The van der Waals surface area contributed by atoms with Crippen molar-refractivity contribution in [2.24, 2.45) is 0 Å². The van der Waals surface area contributed by atoms with Gasteiger partial charge in [0.05, 0.1) is 6.10 Å². The van der Waals surface area contributed by atoms with Gasteiger partial charge in [0.2, 0.25) is 0 Å². The molecule has 1 aliphatic rings. The van der Waals surface area contributed by atoms with E-state index in [9.17, 15) is 4.79 Å². The van der Waals surface area contributed by atoms with E-state index in [0.717, 1.165) is 25.0 Å². The average Bonchev–Trinajstić information content (AvgIpc) is 2.33. The molecule has 0 aromatic heterocycles. The largest absolute Gasteiger partial charge is 0.378 e. The molecule has 0 amide bonds. The summed E-state index contributed by atoms with van der Waals surface area (Å²) < 4.78 is 5.58. The first-order chi connectivity index (χ1) is 8.24. The summed E-state index contributed by atoms with van der Waals surface area (Å²) in [6, 6.07) is 8.18. The molecule has 92 valence electrons. The van der Waals surface area contributed by atoms with Gasteiger partial charge in [-0.15, -0.1) is 0 Å². The summed E-state index contributed by atoms with van der Waals surface area (Å²) in [6.07, 6.45) is 4.67. The van der Waals surface area contributed by atoms with Gasteiger partial charge in [0, 0.05) is 19.4 Å². The zero-order chi connectivity index (χ0) is 12.1. The van der Waals surface area contributed by atoms with Crippen LogP contribution in [0.15, 0.2) is 24.3 Å². The monoisotopic (exact) mass is 232 g/mol. The van der Waals surface area contributed by atoms with Crippen LogP contribution in [0, 0.1) is 6.92 Å². The maximum atomic E-state index is 11.9. The summed E-state index contributed by atoms with van der Waals surface area (Å²) in [6.45, 7) is 2.88. The lowest BCUT2D eigenvalue weighted by atomic mass is 10.00. The molecule has 1 fully saturated rings. The molecular weight excluding hydrogens is 212 g/mol. The van der Waals surface area contributed by atoms with Crippen LogP contribution in [0.3, 0.4) is 0 Å². The number of ether oxygens (including phenoxy) is 1. The summed E-state index contributed by atoms with van der Waals surface area (Å²) in [5.74, 6) is 0.292. The van der Waals surface area contributed by atoms with Crippen LogP contribution < -0.4 is 0 Å². The Morgan fingerprint density at radius 3 is 2.71 bits per heavy atom. The minimum absolute atomic E-state index is 0.168. The van der Waals surface area contributed by atoms with Crippen LogP contribution in [0.2, 0.25) is 0 Å². The summed E-state index contributed by atoms with van der Waals surface area (Å²) in [4.78, 5) is 11.9. The molecule has 1 aromatic carbocycles. The third kappa shape index (κ3) is 3.97. The average molecular weight is 232 g/mol. The first-order valence-corrected chi connectivity index (χ1v) is 6.43. The number of benzene rings is 1. The van der Waals surface area contributed by atoms with Gasteiger partial charge in [-0.25, -0.2) is 0 Å². The molecule has 1 atom stereocenters. The summed E-state index contributed by atoms with van der Waals surface area (Å²) in [5.41, 5.74) is 2.34. The van der Waals surface area contributed by atoms with E-state index in [2.05, 4.69) is 19.1 Å². The van der Waals surface area contributed by atoms with Crippen molar-refractivity contribution in [3.63, 3.8) is 0 Å². The van der Waals surface area contributed by atoms with E-state index in [1.54, 1.807) is 0 Å². The fourth-order valence-electron chi connectivity index (χ4n) is 2.23. The van der Waals surface area contributed by atoms with Crippen molar-refractivity contribution in [1.82, 2.24) is 0 Å². The topological polar surface area (TPSA) is 26.3 Å². The van der Waals surface area contributed by atoms with Crippen LogP contribution >= 0.6 is 0 Å². The highest BCUT2D eigenvalue weighted by Crippen LogP contribution is 2.17. The van der Waals surface area contributed by atoms with Crippen molar-refractivity contribution < 1.29 is 9.53 Å². The Bertz CT molecular complexity index is 361. The van der Waals surface area contributed by atoms with Crippen LogP contribution in [-0.2, 0) is 16.0 Å². The van der Waals surface area contributed by atoms with Gasteiger partial charge in [0.15, 0.2) is 0 Å². The number of ketones is 1. The van der Waals surface area contributed by atoms with E-state index in [4.69, 9.17) is 4.74 Å². The van der Waals surface area contributed by atoms with Crippen LogP contribution in [0.1, 0.15) is 36.8 Å². The quantitative estimate of drug-likeness (QED) is 0.797. The molecular formula is C15H20O2. The highest BCUT2D eigenvalue weighted by molar-refractivity contribution is 5.81. The van der Waals surface area contributed by atoms with Crippen molar-refractivity contribution in [3.8, 4) is 0 Å². The van der Waals surface area contributed by atoms with Crippen LogP contribution in [0.25, 0.3) is 0 Å². The number of carbonyl (C=O) groups excluding carboxylic acids is 1. The van der Waals surface area contributed by atoms with Crippen molar-refractivity contribution in [3.05, 3.63) is 35.4 Å². The predicted octanol–water partition coefficient (Wildman–Crippen LogP) is 3.07. The van der Waals surface area contributed by atoms with Gasteiger partial charge in [-0.2, -0.15) is 0 Å². The number of hydrogen-bond acceptors (Lipinski definition) is 2. The Balaban J connectivity index is 1.82. The Kier molecular flexibility index (Phi) is 4.32. The second-order valence-corrected chi connectivity index (χ2v) is 4.89. The summed E-state index contributed by atoms with van der Waals surface area (Å²) in [7, 11) is 0. The third-order valence-electron chi connectivity index (χ3n) is 3.25. The van der Waals surface area contributed by atoms with E-state index in [1.807, 2.05) is 12.1 Å². The molecule has 1 heterocycles. The van der Waals surface area contributed by atoms with E-state index in [1.165, 1.54) is 12.0 Å².